The fourth-order valence-corrected chi connectivity index (χ4v) is 1.82. The maximum absolute atomic E-state index is 10.7. The Morgan fingerprint density at radius 3 is 2.33 bits per heavy atom. The SMILES string of the molecule is Cn1c(C=O)ccc1-c1ccc(Br)cc1. The van der Waals surface area contributed by atoms with Gasteiger partial charge >= 0.3 is 0 Å². The summed E-state index contributed by atoms with van der Waals surface area (Å²) in [5.74, 6) is 0. The van der Waals surface area contributed by atoms with Gasteiger partial charge in [0.2, 0.25) is 0 Å². The predicted molar refractivity (Wildman–Crippen MR) is 63.9 cm³/mol. The van der Waals surface area contributed by atoms with Crippen LogP contribution in [0.5, 0.6) is 0 Å². The molecule has 3 heteroatoms. The van der Waals surface area contributed by atoms with Crippen LogP contribution in [-0.4, -0.2) is 10.9 Å². The summed E-state index contributed by atoms with van der Waals surface area (Å²) in [5.41, 5.74) is 2.84. The van der Waals surface area contributed by atoms with Crippen molar-refractivity contribution in [2.75, 3.05) is 0 Å². The van der Waals surface area contributed by atoms with E-state index in [9.17, 15) is 4.79 Å². The van der Waals surface area contributed by atoms with Gasteiger partial charge in [0.1, 0.15) is 0 Å². The van der Waals surface area contributed by atoms with Gasteiger partial charge in [-0.2, -0.15) is 0 Å². The van der Waals surface area contributed by atoms with E-state index in [1.54, 1.807) is 0 Å². The molecule has 0 saturated heterocycles. The van der Waals surface area contributed by atoms with Gasteiger partial charge in [-0.05, 0) is 29.8 Å². The Morgan fingerprint density at radius 1 is 1.13 bits per heavy atom. The molecule has 0 aliphatic heterocycles. The van der Waals surface area contributed by atoms with E-state index in [0.29, 0.717) is 5.69 Å². The Bertz CT molecular complexity index is 485. The molecule has 1 aromatic carbocycles. The first-order valence-corrected chi connectivity index (χ1v) is 5.38. The molecular weight excluding hydrogens is 254 g/mol. The summed E-state index contributed by atoms with van der Waals surface area (Å²) in [6.45, 7) is 0. The molecule has 0 fully saturated rings. The van der Waals surface area contributed by atoms with Crippen LogP contribution in [-0.2, 0) is 7.05 Å². The molecule has 0 saturated carbocycles. The molecule has 0 aliphatic carbocycles. The van der Waals surface area contributed by atoms with Crippen LogP contribution in [0.3, 0.4) is 0 Å². The minimum absolute atomic E-state index is 0.688. The van der Waals surface area contributed by atoms with Crippen molar-refractivity contribution >= 4 is 22.2 Å². The van der Waals surface area contributed by atoms with Crippen LogP contribution in [0.2, 0.25) is 0 Å². The molecule has 1 heterocycles. The molecule has 0 spiro atoms. The van der Waals surface area contributed by atoms with Crippen molar-refractivity contribution in [1.29, 1.82) is 0 Å². The van der Waals surface area contributed by atoms with E-state index in [4.69, 9.17) is 0 Å². The monoisotopic (exact) mass is 263 g/mol. The second-order valence-corrected chi connectivity index (χ2v) is 4.24. The lowest BCUT2D eigenvalue weighted by Crippen LogP contribution is -1.96. The van der Waals surface area contributed by atoms with Gasteiger partial charge in [0.05, 0.1) is 5.69 Å². The maximum Gasteiger partial charge on any atom is 0.166 e. The van der Waals surface area contributed by atoms with Crippen molar-refractivity contribution in [3.8, 4) is 11.3 Å². The summed E-state index contributed by atoms with van der Waals surface area (Å²) in [4.78, 5) is 10.7. The standard InChI is InChI=1S/C12H10BrNO/c1-14-11(8-15)6-7-12(14)9-2-4-10(13)5-3-9/h2-8H,1H3. The summed E-state index contributed by atoms with van der Waals surface area (Å²) >= 11 is 3.39. The summed E-state index contributed by atoms with van der Waals surface area (Å²) in [7, 11) is 1.89. The van der Waals surface area contributed by atoms with Gasteiger partial charge in [0.25, 0.3) is 0 Å². The van der Waals surface area contributed by atoms with Crippen molar-refractivity contribution in [1.82, 2.24) is 4.57 Å². The molecule has 0 unspecified atom stereocenters. The first kappa shape index (κ1) is 10.2. The van der Waals surface area contributed by atoms with Crippen molar-refractivity contribution in [3.05, 3.63) is 46.6 Å². The first-order valence-electron chi connectivity index (χ1n) is 4.59. The van der Waals surface area contributed by atoms with Crippen LogP contribution >= 0.6 is 15.9 Å². The third kappa shape index (κ3) is 1.88. The van der Waals surface area contributed by atoms with Crippen LogP contribution < -0.4 is 0 Å². The molecule has 0 aliphatic rings. The van der Waals surface area contributed by atoms with Gasteiger partial charge in [-0.1, -0.05) is 28.1 Å². The van der Waals surface area contributed by atoms with Crippen molar-refractivity contribution in [2.24, 2.45) is 7.05 Å². The molecule has 2 aromatic rings. The normalized spacial score (nSPS) is 10.3. The van der Waals surface area contributed by atoms with Gasteiger partial charge in [-0.15, -0.1) is 0 Å². The highest BCUT2D eigenvalue weighted by molar-refractivity contribution is 9.10. The number of hydrogen-bond donors (Lipinski definition) is 0. The van der Waals surface area contributed by atoms with Gasteiger partial charge in [-0.3, -0.25) is 4.79 Å². The zero-order valence-electron chi connectivity index (χ0n) is 8.27. The number of carbonyl (C=O) groups excluding carboxylic acids is 1. The van der Waals surface area contributed by atoms with Crippen LogP contribution in [0.1, 0.15) is 10.5 Å². The van der Waals surface area contributed by atoms with Crippen LogP contribution in [0.25, 0.3) is 11.3 Å². The Hall–Kier alpha value is -1.35. The number of benzene rings is 1. The predicted octanol–water partition coefficient (Wildman–Crippen LogP) is 3.27. The van der Waals surface area contributed by atoms with E-state index in [1.807, 2.05) is 48.0 Å². The minimum Gasteiger partial charge on any atom is -0.341 e. The van der Waals surface area contributed by atoms with Gasteiger partial charge < -0.3 is 4.57 Å². The highest BCUT2D eigenvalue weighted by Gasteiger charge is 2.05. The van der Waals surface area contributed by atoms with Crippen LogP contribution in [0.4, 0.5) is 0 Å². The topological polar surface area (TPSA) is 22.0 Å². The molecule has 0 atom stereocenters. The number of hydrogen-bond acceptors (Lipinski definition) is 1. The summed E-state index contributed by atoms with van der Waals surface area (Å²) in [6.07, 6.45) is 0.863. The second kappa shape index (κ2) is 4.03. The lowest BCUT2D eigenvalue weighted by atomic mass is 10.1. The number of carbonyl (C=O) groups is 1. The number of nitrogens with zero attached hydrogens (tertiary/aromatic N) is 1. The minimum atomic E-state index is 0.688. The highest BCUT2D eigenvalue weighted by Crippen LogP contribution is 2.22. The molecule has 1 aromatic heterocycles. The van der Waals surface area contributed by atoms with Gasteiger partial charge in [0, 0.05) is 17.2 Å². The average Bonchev–Trinajstić information content (AvgIpc) is 2.61. The third-order valence-electron chi connectivity index (χ3n) is 2.42. The fourth-order valence-electron chi connectivity index (χ4n) is 1.56. The zero-order chi connectivity index (χ0) is 10.8. The Balaban J connectivity index is 2.49. The van der Waals surface area contributed by atoms with Crippen molar-refractivity contribution < 1.29 is 4.79 Å². The van der Waals surface area contributed by atoms with Crippen LogP contribution in [0, 0.1) is 0 Å². The van der Waals surface area contributed by atoms with E-state index >= 15 is 0 Å². The van der Waals surface area contributed by atoms with Gasteiger partial charge in [-0.25, -0.2) is 0 Å². The molecular formula is C12H10BrNO. The first-order chi connectivity index (χ1) is 7.22. The van der Waals surface area contributed by atoms with E-state index < -0.39 is 0 Å². The summed E-state index contributed by atoms with van der Waals surface area (Å²) < 4.78 is 2.94. The lowest BCUT2D eigenvalue weighted by molar-refractivity contribution is 0.111. The highest BCUT2D eigenvalue weighted by atomic mass is 79.9. The molecule has 0 bridgehead atoms. The second-order valence-electron chi connectivity index (χ2n) is 3.33. The third-order valence-corrected chi connectivity index (χ3v) is 2.95. The number of halogens is 1. The Morgan fingerprint density at radius 2 is 1.80 bits per heavy atom. The molecule has 2 nitrogen and oxygen atoms in total. The summed E-state index contributed by atoms with van der Waals surface area (Å²) in [5, 5.41) is 0. The fraction of sp³-hybridized carbons (Fsp3) is 0.0833. The quantitative estimate of drug-likeness (QED) is 0.763. The van der Waals surface area contributed by atoms with E-state index in [1.165, 1.54) is 0 Å². The molecule has 15 heavy (non-hydrogen) atoms. The molecule has 2 rings (SSSR count). The van der Waals surface area contributed by atoms with Crippen molar-refractivity contribution in [2.45, 2.75) is 0 Å². The average molecular weight is 264 g/mol. The number of aromatic nitrogens is 1. The van der Waals surface area contributed by atoms with E-state index in [0.717, 1.165) is 22.0 Å². The van der Waals surface area contributed by atoms with E-state index in [-0.39, 0.29) is 0 Å². The largest absolute Gasteiger partial charge is 0.341 e. The summed E-state index contributed by atoms with van der Waals surface area (Å²) in [6, 6.07) is 11.8. The van der Waals surface area contributed by atoms with Gasteiger partial charge in [0.15, 0.2) is 6.29 Å². The molecule has 0 amide bonds. The lowest BCUT2D eigenvalue weighted by Gasteiger charge is -2.04. The Labute approximate surface area is 96.7 Å². The Kier molecular flexibility index (Phi) is 2.73. The van der Waals surface area contributed by atoms with Crippen LogP contribution in [0.15, 0.2) is 40.9 Å². The maximum atomic E-state index is 10.7. The number of aldehydes is 1. The van der Waals surface area contributed by atoms with Crippen molar-refractivity contribution in [3.63, 3.8) is 0 Å². The van der Waals surface area contributed by atoms with E-state index in [2.05, 4.69) is 15.9 Å². The molecule has 76 valence electrons. The molecule has 0 radical (unpaired) electrons. The zero-order valence-corrected chi connectivity index (χ0v) is 9.86. The smallest absolute Gasteiger partial charge is 0.166 e. The molecule has 0 N–H and O–H groups in total. The number of rotatable bonds is 2.